The van der Waals surface area contributed by atoms with E-state index >= 15 is 0 Å². The topological polar surface area (TPSA) is 61.5 Å². The molecule has 0 saturated heterocycles. The van der Waals surface area contributed by atoms with E-state index in [9.17, 15) is 4.79 Å². The fourth-order valence-electron chi connectivity index (χ4n) is 0.647. The number of allylic oxidation sites excluding steroid dienone is 2. The van der Waals surface area contributed by atoms with Crippen molar-refractivity contribution in [2.45, 2.75) is 0 Å². The minimum Gasteiger partial charge on any atom is -0.496 e. The first-order valence-electron chi connectivity index (χ1n) is 3.57. The minimum absolute atomic E-state index is 0.241. The van der Waals surface area contributed by atoms with Gasteiger partial charge in [0.25, 0.3) is 0 Å². The molecule has 0 bridgehead atoms. The molecule has 0 heterocycles. The first kappa shape index (κ1) is 11.3. The predicted molar refractivity (Wildman–Crippen MR) is 49.6 cm³/mol. The third kappa shape index (κ3) is 3.46. The van der Waals surface area contributed by atoms with Gasteiger partial charge in [0.1, 0.15) is 11.3 Å². The maximum Gasteiger partial charge on any atom is 0.341 e. The highest BCUT2D eigenvalue weighted by atomic mass is 16.5. The lowest BCUT2D eigenvalue weighted by molar-refractivity contribution is -0.136. The summed E-state index contributed by atoms with van der Waals surface area (Å²) in [6.07, 6.45) is 4.26. The second-order valence-corrected chi connectivity index (χ2v) is 2.08. The maximum absolute atomic E-state index is 11.1. The van der Waals surface area contributed by atoms with Gasteiger partial charge in [0.2, 0.25) is 0 Å². The average Bonchev–Trinajstić information content (AvgIpc) is 2.17. The highest BCUT2D eigenvalue weighted by Gasteiger charge is 2.12. The lowest BCUT2D eigenvalue weighted by atomic mass is 10.2. The quantitative estimate of drug-likeness (QED) is 0.302. The zero-order valence-electron chi connectivity index (χ0n) is 7.74. The summed E-state index contributed by atoms with van der Waals surface area (Å²) in [4.78, 5) is 11.1. The van der Waals surface area contributed by atoms with Gasteiger partial charge in [0.05, 0.1) is 14.2 Å². The standard InChI is InChI=1S/C9H13NO3/c1-7(12-2)8(5-4-6-10)9(11)13-3/h4-6H,1,10H2,2-3H3/b6-4-,8-5+. The summed E-state index contributed by atoms with van der Waals surface area (Å²) in [5.41, 5.74) is 5.35. The Labute approximate surface area is 77.3 Å². The molecule has 0 spiro atoms. The van der Waals surface area contributed by atoms with E-state index in [0.29, 0.717) is 0 Å². The first-order valence-corrected chi connectivity index (χ1v) is 3.57. The van der Waals surface area contributed by atoms with E-state index in [2.05, 4.69) is 11.3 Å². The van der Waals surface area contributed by atoms with Crippen molar-refractivity contribution in [1.82, 2.24) is 0 Å². The molecule has 0 amide bonds. The number of carbonyl (C=O) groups excluding carboxylic acids is 1. The van der Waals surface area contributed by atoms with Crippen LogP contribution >= 0.6 is 0 Å². The molecule has 4 heteroatoms. The van der Waals surface area contributed by atoms with E-state index in [0.717, 1.165) is 0 Å². The van der Waals surface area contributed by atoms with Crippen LogP contribution in [0, 0.1) is 0 Å². The van der Waals surface area contributed by atoms with Crippen molar-refractivity contribution in [3.63, 3.8) is 0 Å². The summed E-state index contributed by atoms with van der Waals surface area (Å²) in [5, 5.41) is 0. The molecular formula is C9H13NO3. The van der Waals surface area contributed by atoms with Crippen LogP contribution in [0.3, 0.4) is 0 Å². The summed E-state index contributed by atoms with van der Waals surface area (Å²) in [5.74, 6) is -0.269. The fourth-order valence-corrected chi connectivity index (χ4v) is 0.647. The summed E-state index contributed by atoms with van der Waals surface area (Å²) in [7, 11) is 2.70. The highest BCUT2D eigenvalue weighted by Crippen LogP contribution is 2.09. The molecule has 0 fully saturated rings. The lowest BCUT2D eigenvalue weighted by Gasteiger charge is -2.05. The van der Waals surface area contributed by atoms with Crippen LogP contribution < -0.4 is 5.73 Å². The second kappa shape index (κ2) is 5.88. The molecule has 2 N–H and O–H groups in total. The predicted octanol–water partition coefficient (Wildman–Crippen LogP) is 0.718. The number of hydrogen-bond acceptors (Lipinski definition) is 4. The molecule has 0 rings (SSSR count). The van der Waals surface area contributed by atoms with E-state index in [-0.39, 0.29) is 11.3 Å². The molecule has 0 aromatic carbocycles. The van der Waals surface area contributed by atoms with Crippen LogP contribution in [0.1, 0.15) is 0 Å². The maximum atomic E-state index is 11.1. The molecule has 0 aromatic heterocycles. The number of methoxy groups -OCH3 is 2. The van der Waals surface area contributed by atoms with Crippen molar-refractivity contribution in [1.29, 1.82) is 0 Å². The molecule has 0 aliphatic heterocycles. The Hall–Kier alpha value is -1.71. The fraction of sp³-hybridized carbons (Fsp3) is 0.222. The van der Waals surface area contributed by atoms with Crippen LogP contribution in [0.15, 0.2) is 36.3 Å². The van der Waals surface area contributed by atoms with E-state index in [1.807, 2.05) is 0 Å². The average molecular weight is 183 g/mol. The van der Waals surface area contributed by atoms with Gasteiger partial charge in [-0.15, -0.1) is 0 Å². The van der Waals surface area contributed by atoms with Crippen LogP contribution in [-0.2, 0) is 14.3 Å². The molecular weight excluding hydrogens is 170 g/mol. The van der Waals surface area contributed by atoms with Crippen LogP contribution in [0.2, 0.25) is 0 Å². The molecule has 0 aliphatic carbocycles. The molecule has 0 aliphatic rings. The minimum atomic E-state index is -0.509. The van der Waals surface area contributed by atoms with E-state index < -0.39 is 5.97 Å². The largest absolute Gasteiger partial charge is 0.496 e. The van der Waals surface area contributed by atoms with Crippen molar-refractivity contribution in [2.24, 2.45) is 5.73 Å². The van der Waals surface area contributed by atoms with Crippen molar-refractivity contribution >= 4 is 5.97 Å². The van der Waals surface area contributed by atoms with Crippen LogP contribution in [0.5, 0.6) is 0 Å². The van der Waals surface area contributed by atoms with Crippen LogP contribution in [0.4, 0.5) is 0 Å². The SMILES string of the molecule is C=C(OC)/C(=C\C=C/N)C(=O)OC. The second-order valence-electron chi connectivity index (χ2n) is 2.08. The normalized spacial score (nSPS) is 11.4. The Morgan fingerprint density at radius 3 is 2.38 bits per heavy atom. The Morgan fingerprint density at radius 1 is 1.38 bits per heavy atom. The van der Waals surface area contributed by atoms with E-state index in [1.54, 1.807) is 0 Å². The van der Waals surface area contributed by atoms with Gasteiger partial charge in [-0.2, -0.15) is 0 Å². The number of nitrogens with two attached hydrogens (primary N) is 1. The van der Waals surface area contributed by atoms with Gasteiger partial charge in [0, 0.05) is 0 Å². The first-order chi connectivity index (χ1) is 6.17. The zero-order valence-corrected chi connectivity index (χ0v) is 7.74. The molecule has 72 valence electrons. The molecule has 0 radical (unpaired) electrons. The smallest absolute Gasteiger partial charge is 0.341 e. The van der Waals surface area contributed by atoms with Gasteiger partial charge < -0.3 is 15.2 Å². The summed E-state index contributed by atoms with van der Waals surface area (Å²) < 4.78 is 9.30. The number of hydrogen-bond donors (Lipinski definition) is 1. The molecule has 0 aromatic rings. The van der Waals surface area contributed by atoms with Crippen molar-refractivity contribution < 1.29 is 14.3 Å². The van der Waals surface area contributed by atoms with Gasteiger partial charge in [-0.25, -0.2) is 4.79 Å². The van der Waals surface area contributed by atoms with Crippen molar-refractivity contribution in [2.75, 3.05) is 14.2 Å². The third-order valence-corrected chi connectivity index (χ3v) is 1.33. The molecule has 0 saturated carbocycles. The van der Waals surface area contributed by atoms with Gasteiger partial charge >= 0.3 is 5.97 Å². The molecule has 13 heavy (non-hydrogen) atoms. The molecule has 0 atom stereocenters. The number of rotatable bonds is 4. The number of ether oxygens (including phenoxy) is 2. The van der Waals surface area contributed by atoms with Gasteiger partial charge in [-0.05, 0) is 18.4 Å². The van der Waals surface area contributed by atoms with E-state index in [4.69, 9.17) is 10.5 Å². The monoisotopic (exact) mass is 183 g/mol. The number of esters is 1. The van der Waals surface area contributed by atoms with Gasteiger partial charge in [-0.1, -0.05) is 6.58 Å². The Balaban J connectivity index is 4.75. The van der Waals surface area contributed by atoms with Crippen LogP contribution in [0.25, 0.3) is 0 Å². The molecule has 0 unspecified atom stereocenters. The lowest BCUT2D eigenvalue weighted by Crippen LogP contribution is -2.07. The molecule has 4 nitrogen and oxygen atoms in total. The Bertz CT molecular complexity index is 236. The van der Waals surface area contributed by atoms with Crippen LogP contribution in [-0.4, -0.2) is 20.2 Å². The Morgan fingerprint density at radius 2 is 2.00 bits per heavy atom. The Kier molecular flexibility index (Phi) is 5.11. The van der Waals surface area contributed by atoms with Gasteiger partial charge in [-0.3, -0.25) is 0 Å². The zero-order chi connectivity index (χ0) is 10.3. The highest BCUT2D eigenvalue weighted by molar-refractivity contribution is 5.92. The number of carbonyl (C=O) groups is 1. The van der Waals surface area contributed by atoms with E-state index in [1.165, 1.54) is 32.6 Å². The van der Waals surface area contributed by atoms with Gasteiger partial charge in [0.15, 0.2) is 0 Å². The summed E-state index contributed by atoms with van der Waals surface area (Å²) >= 11 is 0. The van der Waals surface area contributed by atoms with Crippen molar-refractivity contribution in [3.8, 4) is 0 Å². The van der Waals surface area contributed by atoms with Crippen molar-refractivity contribution in [3.05, 3.63) is 36.3 Å². The summed E-state index contributed by atoms with van der Waals surface area (Å²) in [6.45, 7) is 3.53. The summed E-state index contributed by atoms with van der Waals surface area (Å²) in [6, 6.07) is 0. The third-order valence-electron chi connectivity index (χ3n) is 1.33.